The van der Waals surface area contributed by atoms with Gasteiger partial charge in [-0.15, -0.1) is 12.4 Å². The fraction of sp³-hybridized carbons (Fsp3) is 0.857. The highest BCUT2D eigenvalue weighted by atomic mass is 35.5. The summed E-state index contributed by atoms with van der Waals surface area (Å²) in [5.74, 6) is -0.102. The van der Waals surface area contributed by atoms with Gasteiger partial charge in [0.2, 0.25) is 11.8 Å². The lowest BCUT2D eigenvalue weighted by atomic mass is 9.95. The normalized spacial score (nSPS) is 23.5. The first kappa shape index (κ1) is 17.2. The summed E-state index contributed by atoms with van der Waals surface area (Å²) in [5, 5.41) is 8.91. The first-order valence-electron chi connectivity index (χ1n) is 7.56. The van der Waals surface area contributed by atoms with Crippen molar-refractivity contribution in [2.24, 2.45) is 0 Å². The number of halogens is 1. The minimum atomic E-state index is -0.115. The molecule has 2 fully saturated rings. The summed E-state index contributed by atoms with van der Waals surface area (Å²) in [5.41, 5.74) is 0. The summed E-state index contributed by atoms with van der Waals surface area (Å²) in [6.07, 6.45) is 8.90. The number of piperidine rings is 1. The number of hydrogen-bond acceptors (Lipinski definition) is 3. The van der Waals surface area contributed by atoms with Crippen LogP contribution in [-0.4, -0.2) is 37.0 Å². The molecule has 1 atom stereocenters. The molecule has 6 heteroatoms. The summed E-state index contributed by atoms with van der Waals surface area (Å²) in [7, 11) is 0. The van der Waals surface area contributed by atoms with Crippen LogP contribution in [0.3, 0.4) is 0 Å². The molecule has 20 heavy (non-hydrogen) atoms. The van der Waals surface area contributed by atoms with Gasteiger partial charge in [-0.2, -0.15) is 0 Å². The van der Waals surface area contributed by atoms with E-state index in [9.17, 15) is 9.59 Å². The highest BCUT2D eigenvalue weighted by molar-refractivity contribution is 5.87. The molecule has 5 nitrogen and oxygen atoms in total. The minimum Gasteiger partial charge on any atom is -0.352 e. The van der Waals surface area contributed by atoms with Crippen molar-refractivity contribution >= 4 is 24.2 Å². The van der Waals surface area contributed by atoms with Crippen molar-refractivity contribution in [3.8, 4) is 0 Å². The van der Waals surface area contributed by atoms with E-state index in [1.54, 1.807) is 0 Å². The van der Waals surface area contributed by atoms with Crippen LogP contribution in [0.25, 0.3) is 0 Å². The van der Waals surface area contributed by atoms with Crippen LogP contribution in [-0.2, 0) is 9.59 Å². The Morgan fingerprint density at radius 1 is 1.00 bits per heavy atom. The molecular weight excluding hydrogens is 278 g/mol. The Morgan fingerprint density at radius 2 is 1.70 bits per heavy atom. The molecular formula is C14H26ClN3O2. The second kappa shape index (κ2) is 9.19. The highest BCUT2D eigenvalue weighted by Gasteiger charge is 2.21. The third-order valence-corrected chi connectivity index (χ3v) is 4.02. The van der Waals surface area contributed by atoms with Gasteiger partial charge in [-0.25, -0.2) is 0 Å². The fourth-order valence-corrected chi connectivity index (χ4v) is 2.89. The summed E-state index contributed by atoms with van der Waals surface area (Å²) < 4.78 is 0. The standard InChI is InChI=1S/C14H25N3O2.ClH/c18-13(17-11-6-2-1-3-7-11)10-16-14(19)12-8-4-5-9-15-12;/h11-12,15H,1-10H2,(H,16,19)(H,17,18);1H. The Bertz CT molecular complexity index is 314. The first-order valence-corrected chi connectivity index (χ1v) is 7.56. The number of carbonyl (C=O) groups is 2. The number of carbonyl (C=O) groups excluding carboxylic acids is 2. The monoisotopic (exact) mass is 303 g/mol. The van der Waals surface area contributed by atoms with Crippen LogP contribution in [0.5, 0.6) is 0 Å². The molecule has 1 saturated carbocycles. The quantitative estimate of drug-likeness (QED) is 0.729. The molecule has 0 aromatic carbocycles. The topological polar surface area (TPSA) is 70.2 Å². The van der Waals surface area contributed by atoms with E-state index in [0.717, 1.165) is 38.6 Å². The van der Waals surface area contributed by atoms with Crippen molar-refractivity contribution in [2.75, 3.05) is 13.1 Å². The summed E-state index contributed by atoms with van der Waals surface area (Å²) in [6, 6.07) is 0.196. The Labute approximate surface area is 127 Å². The van der Waals surface area contributed by atoms with Gasteiger partial charge in [-0.3, -0.25) is 9.59 Å². The lowest BCUT2D eigenvalue weighted by molar-refractivity contribution is -0.128. The van der Waals surface area contributed by atoms with E-state index < -0.39 is 0 Å². The van der Waals surface area contributed by atoms with Gasteiger partial charge in [0.25, 0.3) is 0 Å². The molecule has 1 aliphatic carbocycles. The van der Waals surface area contributed by atoms with E-state index in [1.807, 2.05) is 0 Å². The Kier molecular flexibility index (Phi) is 7.92. The van der Waals surface area contributed by atoms with Gasteiger partial charge in [0, 0.05) is 6.04 Å². The van der Waals surface area contributed by atoms with Crippen molar-refractivity contribution < 1.29 is 9.59 Å². The minimum absolute atomic E-state index is 0. The van der Waals surface area contributed by atoms with Gasteiger partial charge < -0.3 is 16.0 Å². The molecule has 1 unspecified atom stereocenters. The lowest BCUT2D eigenvalue weighted by Crippen LogP contribution is -2.50. The van der Waals surface area contributed by atoms with E-state index in [-0.39, 0.29) is 36.8 Å². The maximum Gasteiger partial charge on any atom is 0.239 e. The van der Waals surface area contributed by atoms with Crippen molar-refractivity contribution in [3.05, 3.63) is 0 Å². The summed E-state index contributed by atoms with van der Waals surface area (Å²) in [6.45, 7) is 1.000. The maximum absolute atomic E-state index is 11.8. The van der Waals surface area contributed by atoms with Gasteiger partial charge in [0.1, 0.15) is 0 Å². The molecule has 2 rings (SSSR count). The first-order chi connectivity index (χ1) is 9.25. The Hall–Kier alpha value is -0.810. The summed E-state index contributed by atoms with van der Waals surface area (Å²) in [4.78, 5) is 23.6. The van der Waals surface area contributed by atoms with E-state index >= 15 is 0 Å². The molecule has 1 saturated heterocycles. The average molecular weight is 304 g/mol. The lowest BCUT2D eigenvalue weighted by Gasteiger charge is -2.24. The van der Waals surface area contributed by atoms with Gasteiger partial charge in [-0.05, 0) is 32.2 Å². The van der Waals surface area contributed by atoms with Crippen molar-refractivity contribution in [3.63, 3.8) is 0 Å². The molecule has 1 heterocycles. The molecule has 0 aromatic rings. The molecule has 1 aliphatic heterocycles. The van der Waals surface area contributed by atoms with Crippen molar-refractivity contribution in [1.82, 2.24) is 16.0 Å². The maximum atomic E-state index is 11.8. The molecule has 2 aliphatic rings. The Morgan fingerprint density at radius 3 is 2.35 bits per heavy atom. The molecule has 116 valence electrons. The molecule has 0 spiro atoms. The second-order valence-electron chi connectivity index (χ2n) is 5.62. The smallest absolute Gasteiger partial charge is 0.239 e. The molecule has 0 aromatic heterocycles. The third-order valence-electron chi connectivity index (χ3n) is 4.02. The van der Waals surface area contributed by atoms with Crippen LogP contribution in [0, 0.1) is 0 Å². The third kappa shape index (κ3) is 5.67. The van der Waals surface area contributed by atoms with Gasteiger partial charge in [-0.1, -0.05) is 25.7 Å². The van der Waals surface area contributed by atoms with Crippen LogP contribution in [0.15, 0.2) is 0 Å². The Balaban J connectivity index is 0.00000200. The zero-order valence-corrected chi connectivity index (χ0v) is 12.8. The number of hydrogen-bond donors (Lipinski definition) is 3. The molecule has 2 amide bonds. The van der Waals surface area contributed by atoms with Crippen LogP contribution in [0.1, 0.15) is 51.4 Å². The summed E-state index contributed by atoms with van der Waals surface area (Å²) >= 11 is 0. The van der Waals surface area contributed by atoms with E-state index in [0.29, 0.717) is 6.04 Å². The average Bonchev–Trinajstić information content (AvgIpc) is 2.47. The highest BCUT2D eigenvalue weighted by Crippen LogP contribution is 2.17. The molecule has 3 N–H and O–H groups in total. The zero-order valence-electron chi connectivity index (χ0n) is 12.0. The number of amides is 2. The van der Waals surface area contributed by atoms with E-state index in [4.69, 9.17) is 0 Å². The van der Waals surface area contributed by atoms with Gasteiger partial charge in [0.05, 0.1) is 12.6 Å². The molecule has 0 radical (unpaired) electrons. The van der Waals surface area contributed by atoms with Crippen LogP contribution in [0.2, 0.25) is 0 Å². The number of rotatable bonds is 4. The largest absolute Gasteiger partial charge is 0.352 e. The van der Waals surface area contributed by atoms with Crippen LogP contribution >= 0.6 is 12.4 Å². The predicted molar refractivity (Wildman–Crippen MR) is 80.9 cm³/mol. The second-order valence-corrected chi connectivity index (χ2v) is 5.62. The van der Waals surface area contributed by atoms with Crippen LogP contribution in [0.4, 0.5) is 0 Å². The predicted octanol–water partition coefficient (Wildman–Crippen LogP) is 1.12. The van der Waals surface area contributed by atoms with Gasteiger partial charge >= 0.3 is 0 Å². The SMILES string of the molecule is Cl.O=C(CNC(=O)C1CCCCN1)NC1CCCCC1. The fourth-order valence-electron chi connectivity index (χ4n) is 2.89. The van der Waals surface area contributed by atoms with E-state index in [1.165, 1.54) is 19.3 Å². The number of nitrogens with one attached hydrogen (secondary N) is 3. The van der Waals surface area contributed by atoms with Crippen LogP contribution < -0.4 is 16.0 Å². The zero-order chi connectivity index (χ0) is 13.5. The van der Waals surface area contributed by atoms with Crippen molar-refractivity contribution in [2.45, 2.75) is 63.5 Å². The van der Waals surface area contributed by atoms with Crippen molar-refractivity contribution in [1.29, 1.82) is 0 Å². The van der Waals surface area contributed by atoms with E-state index in [2.05, 4.69) is 16.0 Å². The van der Waals surface area contributed by atoms with Gasteiger partial charge in [0.15, 0.2) is 0 Å². The molecule has 0 bridgehead atoms.